The van der Waals surface area contributed by atoms with E-state index in [2.05, 4.69) is 0 Å². The standard InChI is InChI=1S/C16H29B2O7PS/c1-9(2)20-7-13-12(6-16(18)23-13)25-26(19,27)21-8-14-11(22-10(3)4)5-15(17)24-14/h9-16H,5-8H2,1-4H3,(H,19,27)/p-1/t11-,12-,13-,14-,15-,16-,26?/m1/s1. The van der Waals surface area contributed by atoms with E-state index in [1.54, 1.807) is 0 Å². The second-order valence-corrected chi connectivity index (χ2v) is 10.1. The van der Waals surface area contributed by atoms with Crippen LogP contribution >= 0.6 is 6.72 Å². The Morgan fingerprint density at radius 2 is 1.56 bits per heavy atom. The maximum Gasteiger partial charge on any atom is 0.116 e. The van der Waals surface area contributed by atoms with Gasteiger partial charge in [-0.1, -0.05) is 11.8 Å². The summed E-state index contributed by atoms with van der Waals surface area (Å²) >= 11 is 5.04. The van der Waals surface area contributed by atoms with E-state index in [9.17, 15) is 4.89 Å². The normalized spacial score (nSPS) is 36.6. The van der Waals surface area contributed by atoms with Gasteiger partial charge in [0.2, 0.25) is 0 Å². The minimum Gasteiger partial charge on any atom is -0.780 e. The zero-order valence-electron chi connectivity index (χ0n) is 16.3. The van der Waals surface area contributed by atoms with Crippen molar-refractivity contribution in [2.75, 3.05) is 13.2 Å². The van der Waals surface area contributed by atoms with Crippen LogP contribution in [0.2, 0.25) is 0 Å². The zero-order chi connectivity index (χ0) is 20.2. The smallest absolute Gasteiger partial charge is 0.116 e. The van der Waals surface area contributed by atoms with E-state index in [1.165, 1.54) is 0 Å². The Balaban J connectivity index is 1.87. The fourth-order valence-electron chi connectivity index (χ4n) is 3.04. The average Bonchev–Trinajstić information content (AvgIpc) is 3.04. The van der Waals surface area contributed by atoms with Crippen LogP contribution in [-0.2, 0) is 39.8 Å². The van der Waals surface area contributed by atoms with Gasteiger partial charge in [0.05, 0.1) is 37.6 Å². The third kappa shape index (κ3) is 8.03. The molecule has 2 fully saturated rings. The molecule has 7 nitrogen and oxygen atoms in total. The molecule has 2 aliphatic rings. The molecule has 2 aliphatic heterocycles. The molecule has 0 spiro atoms. The van der Waals surface area contributed by atoms with Gasteiger partial charge in [-0.3, -0.25) is 0 Å². The SMILES string of the molecule is [B][C@H]1C[C@@H](OC(C)C)[C@@H](COP([O-])(=S)O[C@@H]2C[C@H]([B])O[C@@H]2COC(C)C)O1. The second-order valence-electron chi connectivity index (χ2n) is 7.39. The number of hydrogen-bond acceptors (Lipinski definition) is 8. The second kappa shape index (κ2) is 10.5. The Morgan fingerprint density at radius 1 is 1.00 bits per heavy atom. The van der Waals surface area contributed by atoms with Gasteiger partial charge in [0, 0.05) is 12.0 Å². The van der Waals surface area contributed by atoms with Crippen molar-refractivity contribution >= 4 is 34.2 Å². The minimum absolute atomic E-state index is 0.0109. The van der Waals surface area contributed by atoms with Crippen molar-refractivity contribution in [3.8, 4) is 0 Å². The maximum absolute atomic E-state index is 12.6. The zero-order valence-corrected chi connectivity index (χ0v) is 18.0. The highest BCUT2D eigenvalue weighted by atomic mass is 32.5. The van der Waals surface area contributed by atoms with Gasteiger partial charge in [-0.2, -0.15) is 0 Å². The number of rotatable bonds is 10. The summed E-state index contributed by atoms with van der Waals surface area (Å²) in [6, 6.07) is -0.975. The van der Waals surface area contributed by atoms with Gasteiger partial charge in [-0.15, -0.1) is 0 Å². The van der Waals surface area contributed by atoms with E-state index >= 15 is 0 Å². The average molecular weight is 417 g/mol. The lowest BCUT2D eigenvalue weighted by Gasteiger charge is -2.33. The Bertz CT molecular complexity index is 513. The van der Waals surface area contributed by atoms with Crippen LogP contribution in [-0.4, -0.2) is 77.5 Å². The van der Waals surface area contributed by atoms with Crippen molar-refractivity contribution in [3.63, 3.8) is 0 Å². The summed E-state index contributed by atoms with van der Waals surface area (Å²) in [5, 5.41) is 0. The van der Waals surface area contributed by atoms with E-state index in [4.69, 9.17) is 55.5 Å². The largest absolute Gasteiger partial charge is 0.780 e. The first kappa shape index (κ1) is 23.8. The highest BCUT2D eigenvalue weighted by Crippen LogP contribution is 2.44. The molecular formula is C16H28B2O7PS-. The van der Waals surface area contributed by atoms with Crippen LogP contribution in [0.15, 0.2) is 0 Å². The lowest BCUT2D eigenvalue weighted by atomic mass is 9.96. The van der Waals surface area contributed by atoms with E-state index in [1.807, 2.05) is 27.7 Å². The van der Waals surface area contributed by atoms with Crippen molar-refractivity contribution in [2.45, 2.75) is 89.2 Å². The molecule has 0 N–H and O–H groups in total. The lowest BCUT2D eigenvalue weighted by molar-refractivity contribution is -0.215. The molecule has 1 unspecified atom stereocenters. The van der Waals surface area contributed by atoms with Gasteiger partial charge < -0.3 is 32.9 Å². The predicted molar refractivity (Wildman–Crippen MR) is 104 cm³/mol. The topological polar surface area (TPSA) is 78.4 Å². The maximum atomic E-state index is 12.6. The summed E-state index contributed by atoms with van der Waals surface area (Å²) in [5.41, 5.74) is 0. The summed E-state index contributed by atoms with van der Waals surface area (Å²) in [4.78, 5) is 12.6. The molecule has 4 radical (unpaired) electrons. The predicted octanol–water partition coefficient (Wildman–Crippen LogP) is 0.759. The van der Waals surface area contributed by atoms with Gasteiger partial charge in [0.1, 0.15) is 34.6 Å². The van der Waals surface area contributed by atoms with Crippen LogP contribution in [0, 0.1) is 0 Å². The molecule has 7 atom stereocenters. The molecule has 0 aromatic rings. The van der Waals surface area contributed by atoms with Gasteiger partial charge in [0.25, 0.3) is 0 Å². The van der Waals surface area contributed by atoms with Crippen molar-refractivity contribution < 1.29 is 32.9 Å². The van der Waals surface area contributed by atoms with E-state index in [0.29, 0.717) is 12.8 Å². The first-order chi connectivity index (χ1) is 12.6. The molecule has 152 valence electrons. The van der Waals surface area contributed by atoms with Crippen LogP contribution in [0.5, 0.6) is 0 Å². The van der Waals surface area contributed by atoms with Gasteiger partial charge in [0.15, 0.2) is 0 Å². The molecule has 0 amide bonds. The van der Waals surface area contributed by atoms with E-state index < -0.39 is 37.0 Å². The van der Waals surface area contributed by atoms with Gasteiger partial charge in [-0.05, 0) is 40.5 Å². The summed E-state index contributed by atoms with van der Waals surface area (Å²) in [6.07, 6.45) is -0.771. The van der Waals surface area contributed by atoms with Gasteiger partial charge >= 0.3 is 0 Å². The number of ether oxygens (including phenoxy) is 4. The van der Waals surface area contributed by atoms with Crippen molar-refractivity contribution in [1.82, 2.24) is 0 Å². The van der Waals surface area contributed by atoms with Gasteiger partial charge in [-0.25, -0.2) is 0 Å². The molecule has 0 aliphatic carbocycles. The van der Waals surface area contributed by atoms with Crippen LogP contribution in [0.3, 0.4) is 0 Å². The summed E-state index contributed by atoms with van der Waals surface area (Å²) in [6.45, 7) is 4.14. The summed E-state index contributed by atoms with van der Waals surface area (Å²) in [5.74, 6) is 0. The van der Waals surface area contributed by atoms with E-state index in [-0.39, 0.29) is 31.5 Å². The van der Waals surface area contributed by atoms with E-state index in [0.717, 1.165) is 0 Å². The minimum atomic E-state index is -3.77. The van der Waals surface area contributed by atoms with Crippen molar-refractivity contribution in [2.24, 2.45) is 0 Å². The summed E-state index contributed by atoms with van der Waals surface area (Å²) < 4.78 is 33.4. The molecule has 2 saturated heterocycles. The molecule has 0 aromatic carbocycles. The number of hydrogen-bond donors (Lipinski definition) is 0. The van der Waals surface area contributed by atoms with Crippen LogP contribution in [0.25, 0.3) is 0 Å². The molecule has 0 aromatic heterocycles. The monoisotopic (exact) mass is 417 g/mol. The van der Waals surface area contributed by atoms with Crippen LogP contribution < -0.4 is 4.89 Å². The first-order valence-corrected chi connectivity index (χ1v) is 11.8. The fourth-order valence-corrected chi connectivity index (χ4v) is 4.50. The lowest BCUT2D eigenvalue weighted by Crippen LogP contribution is -2.33. The highest BCUT2D eigenvalue weighted by molar-refractivity contribution is 8.06. The van der Waals surface area contributed by atoms with Crippen molar-refractivity contribution in [1.29, 1.82) is 0 Å². The summed E-state index contributed by atoms with van der Waals surface area (Å²) in [7, 11) is 11.6. The third-order valence-electron chi connectivity index (χ3n) is 4.16. The molecule has 27 heavy (non-hydrogen) atoms. The Hall–Kier alpha value is 0.500. The molecule has 2 rings (SSSR count). The highest BCUT2D eigenvalue weighted by Gasteiger charge is 2.37. The Kier molecular flexibility index (Phi) is 9.25. The molecule has 0 saturated carbocycles. The van der Waals surface area contributed by atoms with Crippen LogP contribution in [0.1, 0.15) is 40.5 Å². The quantitative estimate of drug-likeness (QED) is 0.381. The molecule has 0 bridgehead atoms. The first-order valence-electron chi connectivity index (χ1n) is 9.29. The molecule has 11 heteroatoms. The Labute approximate surface area is 169 Å². The van der Waals surface area contributed by atoms with Crippen LogP contribution in [0.4, 0.5) is 0 Å². The van der Waals surface area contributed by atoms with Crippen molar-refractivity contribution in [3.05, 3.63) is 0 Å². The molecular weight excluding hydrogens is 389 g/mol. The third-order valence-corrected chi connectivity index (χ3v) is 5.73. The fraction of sp³-hybridized carbons (Fsp3) is 1.00. The Morgan fingerprint density at radius 3 is 2.11 bits per heavy atom. The molecule has 2 heterocycles.